The van der Waals surface area contributed by atoms with Crippen LogP contribution in [-0.2, 0) is 25.4 Å². The van der Waals surface area contributed by atoms with Gasteiger partial charge in [0.2, 0.25) is 0 Å². The lowest BCUT2D eigenvalue weighted by Crippen LogP contribution is -2.29. The van der Waals surface area contributed by atoms with Crippen molar-refractivity contribution >= 4 is 26.4 Å². The van der Waals surface area contributed by atoms with Gasteiger partial charge < -0.3 is 4.79 Å². The van der Waals surface area contributed by atoms with Gasteiger partial charge in [-0.25, -0.2) is 8.42 Å². The number of fused-ring (bicyclic) bond motifs is 1. The van der Waals surface area contributed by atoms with Gasteiger partial charge in [0.15, 0.2) is 9.84 Å². The van der Waals surface area contributed by atoms with Gasteiger partial charge in [0.05, 0.1) is 16.0 Å². The minimum Gasteiger partial charge on any atom is -0.300 e. The van der Waals surface area contributed by atoms with Crippen molar-refractivity contribution in [3.05, 3.63) is 29.8 Å². The van der Waals surface area contributed by atoms with Crippen molar-refractivity contribution in [3.63, 3.8) is 0 Å². The summed E-state index contributed by atoms with van der Waals surface area (Å²) in [6.45, 7) is 1.49. The second kappa shape index (κ2) is 5.77. The molecule has 1 aromatic carbocycles. The Morgan fingerprint density at radius 3 is 2.60 bits per heavy atom. The van der Waals surface area contributed by atoms with E-state index in [9.17, 15) is 17.4 Å². The number of rotatable bonds is 4. The minimum atomic E-state index is -3.25. The van der Waals surface area contributed by atoms with Crippen LogP contribution >= 0.6 is 0 Å². The van der Waals surface area contributed by atoms with E-state index in [0.29, 0.717) is 29.7 Å². The van der Waals surface area contributed by atoms with E-state index in [1.807, 2.05) is 0 Å². The van der Waals surface area contributed by atoms with E-state index in [0.717, 1.165) is 0 Å². The second-order valence-corrected chi connectivity index (χ2v) is 9.18. The number of benzene rings is 1. The van der Waals surface area contributed by atoms with Crippen molar-refractivity contribution in [2.45, 2.75) is 41.6 Å². The summed E-state index contributed by atoms with van der Waals surface area (Å²) in [5.41, 5.74) is 0.646. The van der Waals surface area contributed by atoms with Crippen molar-refractivity contribution in [3.8, 4) is 0 Å². The van der Waals surface area contributed by atoms with Gasteiger partial charge >= 0.3 is 0 Å². The van der Waals surface area contributed by atoms with Gasteiger partial charge in [0.25, 0.3) is 0 Å². The van der Waals surface area contributed by atoms with E-state index in [4.69, 9.17) is 0 Å². The summed E-state index contributed by atoms with van der Waals surface area (Å²) in [5, 5.41) is -0.887. The lowest BCUT2D eigenvalue weighted by Gasteiger charge is -2.29. The normalized spacial score (nSPS) is 26.0. The Hall–Kier alpha value is -1.01. The van der Waals surface area contributed by atoms with E-state index in [-0.39, 0.29) is 11.0 Å². The maximum atomic E-state index is 12.5. The van der Waals surface area contributed by atoms with Gasteiger partial charge in [0.1, 0.15) is 5.78 Å². The molecule has 1 aliphatic heterocycles. The number of hydrogen-bond acceptors (Lipinski definition) is 4. The molecule has 6 heteroatoms. The first-order valence-corrected chi connectivity index (χ1v) is 9.65. The van der Waals surface area contributed by atoms with Crippen LogP contribution in [0.5, 0.6) is 0 Å². The topological polar surface area (TPSA) is 68.3 Å². The SMILES string of the molecule is CC(=O)CC[C@H]1CC(S(C)(=O)=O)c2ccccc2S1=O. The molecule has 1 heterocycles. The monoisotopic (exact) mass is 314 g/mol. The van der Waals surface area contributed by atoms with E-state index in [2.05, 4.69) is 0 Å². The molecule has 0 aliphatic carbocycles. The fourth-order valence-electron chi connectivity index (χ4n) is 2.56. The second-order valence-electron chi connectivity index (χ2n) is 5.25. The van der Waals surface area contributed by atoms with Crippen LogP contribution in [0.2, 0.25) is 0 Å². The highest BCUT2D eigenvalue weighted by atomic mass is 32.2. The number of hydrogen-bond donors (Lipinski definition) is 0. The van der Waals surface area contributed by atoms with Crippen molar-refractivity contribution in [1.82, 2.24) is 0 Å². The molecule has 0 radical (unpaired) electrons. The molecule has 2 unspecified atom stereocenters. The first kappa shape index (κ1) is 15.4. The van der Waals surface area contributed by atoms with Crippen LogP contribution in [0.4, 0.5) is 0 Å². The van der Waals surface area contributed by atoms with Gasteiger partial charge in [0, 0.05) is 22.8 Å². The molecule has 0 spiro atoms. The van der Waals surface area contributed by atoms with Crippen LogP contribution < -0.4 is 0 Å². The third-order valence-electron chi connectivity index (χ3n) is 3.60. The molecule has 0 amide bonds. The van der Waals surface area contributed by atoms with E-state index >= 15 is 0 Å². The van der Waals surface area contributed by atoms with Gasteiger partial charge in [-0.3, -0.25) is 4.21 Å². The summed E-state index contributed by atoms with van der Waals surface area (Å²) in [6, 6.07) is 7.00. The number of ketones is 1. The van der Waals surface area contributed by atoms with E-state index in [1.165, 1.54) is 13.2 Å². The fraction of sp³-hybridized carbons (Fsp3) is 0.500. The first-order valence-electron chi connectivity index (χ1n) is 6.48. The Kier molecular flexibility index (Phi) is 4.44. The maximum Gasteiger partial charge on any atom is 0.154 e. The predicted octanol–water partition coefficient (Wildman–Crippen LogP) is 2.02. The smallest absolute Gasteiger partial charge is 0.154 e. The third-order valence-corrected chi connectivity index (χ3v) is 6.92. The lowest BCUT2D eigenvalue weighted by atomic mass is 10.0. The van der Waals surface area contributed by atoms with Crippen molar-refractivity contribution < 1.29 is 17.4 Å². The molecule has 2 rings (SSSR count). The van der Waals surface area contributed by atoms with Gasteiger partial charge in [-0.05, 0) is 31.4 Å². The Labute approximate surface area is 122 Å². The van der Waals surface area contributed by atoms with Gasteiger partial charge in [-0.1, -0.05) is 18.2 Å². The molecule has 0 N–H and O–H groups in total. The highest BCUT2D eigenvalue weighted by Crippen LogP contribution is 2.39. The molecular weight excluding hydrogens is 296 g/mol. The van der Waals surface area contributed by atoms with Crippen LogP contribution in [0.3, 0.4) is 0 Å². The van der Waals surface area contributed by atoms with Crippen molar-refractivity contribution in [2.24, 2.45) is 0 Å². The number of sulfone groups is 1. The molecule has 0 saturated carbocycles. The fourth-order valence-corrected chi connectivity index (χ4v) is 5.72. The Morgan fingerprint density at radius 2 is 2.00 bits per heavy atom. The highest BCUT2D eigenvalue weighted by Gasteiger charge is 2.37. The van der Waals surface area contributed by atoms with Gasteiger partial charge in [-0.2, -0.15) is 0 Å². The maximum absolute atomic E-state index is 12.5. The summed E-state index contributed by atoms with van der Waals surface area (Å²) in [5.74, 6) is 0.0387. The molecule has 20 heavy (non-hydrogen) atoms. The Balaban J connectivity index is 2.40. The van der Waals surface area contributed by atoms with Crippen LogP contribution in [0.15, 0.2) is 29.2 Å². The zero-order valence-electron chi connectivity index (χ0n) is 11.5. The minimum absolute atomic E-state index is 0.0387. The number of carbonyl (C=O) groups is 1. The summed E-state index contributed by atoms with van der Waals surface area (Å²) < 4.78 is 36.5. The molecule has 0 bridgehead atoms. The zero-order valence-corrected chi connectivity index (χ0v) is 13.2. The summed E-state index contributed by atoms with van der Waals surface area (Å²) in [4.78, 5) is 11.7. The molecule has 1 aromatic rings. The molecule has 4 nitrogen and oxygen atoms in total. The van der Waals surface area contributed by atoms with E-state index < -0.39 is 25.9 Å². The summed E-state index contributed by atoms with van der Waals surface area (Å²) >= 11 is 0. The van der Waals surface area contributed by atoms with Crippen LogP contribution in [0.25, 0.3) is 0 Å². The van der Waals surface area contributed by atoms with Crippen molar-refractivity contribution in [2.75, 3.05) is 6.26 Å². The molecule has 110 valence electrons. The molecule has 0 aromatic heterocycles. The molecule has 0 saturated heterocycles. The summed E-state index contributed by atoms with van der Waals surface area (Å²) in [6.07, 6.45) is 2.36. The highest BCUT2D eigenvalue weighted by molar-refractivity contribution is 7.91. The largest absolute Gasteiger partial charge is 0.300 e. The average molecular weight is 314 g/mol. The third kappa shape index (κ3) is 3.17. The first-order chi connectivity index (χ1) is 9.30. The Morgan fingerprint density at radius 1 is 1.35 bits per heavy atom. The molecule has 0 fully saturated rings. The summed E-state index contributed by atoms with van der Waals surface area (Å²) in [7, 11) is -4.50. The Bertz CT molecular complexity index is 649. The van der Waals surface area contributed by atoms with Gasteiger partial charge in [-0.15, -0.1) is 0 Å². The lowest BCUT2D eigenvalue weighted by molar-refractivity contribution is -0.117. The zero-order chi connectivity index (χ0) is 14.9. The van der Waals surface area contributed by atoms with Crippen LogP contribution in [-0.4, -0.2) is 29.9 Å². The molecule has 3 atom stereocenters. The number of Topliss-reactive ketones (excluding diaryl/α,β-unsaturated/α-hetero) is 1. The number of carbonyl (C=O) groups excluding carboxylic acids is 1. The van der Waals surface area contributed by atoms with Crippen molar-refractivity contribution in [1.29, 1.82) is 0 Å². The standard InChI is InChI=1S/C14H18O4S2/c1-10(15)7-8-11-9-14(20(2,17)18)12-5-3-4-6-13(12)19(11)16/h3-6,11,14H,7-9H2,1-2H3/t11-,14?,19?/m0/s1. The van der Waals surface area contributed by atoms with E-state index in [1.54, 1.807) is 24.3 Å². The average Bonchev–Trinajstić information content (AvgIpc) is 2.36. The molecule has 1 aliphatic rings. The van der Waals surface area contributed by atoms with Crippen LogP contribution in [0, 0.1) is 0 Å². The van der Waals surface area contributed by atoms with Crippen LogP contribution in [0.1, 0.15) is 37.0 Å². The predicted molar refractivity (Wildman–Crippen MR) is 78.8 cm³/mol. The molecular formula is C14H18O4S2. The quantitative estimate of drug-likeness (QED) is 0.852.